The molecule has 2 rings (SSSR count). The average Bonchev–Trinajstić information content (AvgIpc) is 2.41. The van der Waals surface area contributed by atoms with Gasteiger partial charge in [-0.2, -0.15) is 0 Å². The maximum absolute atomic E-state index is 13.6. The first-order chi connectivity index (χ1) is 9.47. The summed E-state index contributed by atoms with van der Waals surface area (Å²) in [6.07, 6.45) is 1.31. The number of halogens is 2. The SMILES string of the molecule is O=C(Nc1ccc(Cl)nc1)c1ccc([N+](=O)[O-])cc1F. The summed E-state index contributed by atoms with van der Waals surface area (Å²) in [5.74, 6) is -1.71. The highest BCUT2D eigenvalue weighted by Crippen LogP contribution is 2.18. The van der Waals surface area contributed by atoms with Crippen LogP contribution in [-0.2, 0) is 0 Å². The lowest BCUT2D eigenvalue weighted by atomic mass is 10.1. The van der Waals surface area contributed by atoms with Gasteiger partial charge in [-0.05, 0) is 18.2 Å². The van der Waals surface area contributed by atoms with Crippen molar-refractivity contribution >= 4 is 28.9 Å². The summed E-state index contributed by atoms with van der Waals surface area (Å²) < 4.78 is 13.6. The van der Waals surface area contributed by atoms with Gasteiger partial charge in [0, 0.05) is 6.07 Å². The van der Waals surface area contributed by atoms with Gasteiger partial charge in [-0.1, -0.05) is 11.6 Å². The van der Waals surface area contributed by atoms with E-state index in [1.165, 1.54) is 18.3 Å². The van der Waals surface area contributed by atoms with Crippen LogP contribution in [0.1, 0.15) is 10.4 Å². The number of rotatable bonds is 3. The van der Waals surface area contributed by atoms with Crippen LogP contribution >= 0.6 is 11.6 Å². The number of benzene rings is 1. The molecule has 1 aromatic heterocycles. The van der Waals surface area contributed by atoms with Crippen LogP contribution in [0.5, 0.6) is 0 Å². The van der Waals surface area contributed by atoms with Crippen molar-refractivity contribution in [3.63, 3.8) is 0 Å². The number of hydrogen-bond acceptors (Lipinski definition) is 4. The Morgan fingerprint density at radius 3 is 2.65 bits per heavy atom. The molecule has 0 saturated heterocycles. The zero-order valence-electron chi connectivity index (χ0n) is 9.84. The lowest BCUT2D eigenvalue weighted by Gasteiger charge is -2.05. The van der Waals surface area contributed by atoms with Crippen molar-refractivity contribution in [3.8, 4) is 0 Å². The van der Waals surface area contributed by atoms with Gasteiger partial charge in [0.05, 0.1) is 28.4 Å². The predicted octanol–water partition coefficient (Wildman–Crippen LogP) is 3.03. The van der Waals surface area contributed by atoms with Crippen LogP contribution in [0.15, 0.2) is 36.5 Å². The number of carbonyl (C=O) groups is 1. The van der Waals surface area contributed by atoms with Crippen LogP contribution in [0, 0.1) is 15.9 Å². The average molecular weight is 296 g/mol. The van der Waals surface area contributed by atoms with Gasteiger partial charge in [-0.25, -0.2) is 9.37 Å². The molecule has 0 radical (unpaired) electrons. The van der Waals surface area contributed by atoms with E-state index in [0.717, 1.165) is 12.1 Å². The third-order valence-electron chi connectivity index (χ3n) is 2.39. The summed E-state index contributed by atoms with van der Waals surface area (Å²) >= 11 is 5.59. The van der Waals surface area contributed by atoms with Crippen LogP contribution in [0.4, 0.5) is 15.8 Å². The number of aromatic nitrogens is 1. The number of anilines is 1. The summed E-state index contributed by atoms with van der Waals surface area (Å²) in [5.41, 5.74) is -0.394. The largest absolute Gasteiger partial charge is 0.320 e. The number of carbonyl (C=O) groups excluding carboxylic acids is 1. The van der Waals surface area contributed by atoms with Gasteiger partial charge in [0.1, 0.15) is 11.0 Å². The molecule has 0 atom stereocenters. The molecule has 0 saturated carbocycles. The fourth-order valence-corrected chi connectivity index (χ4v) is 1.56. The summed E-state index contributed by atoms with van der Waals surface area (Å²) in [7, 11) is 0. The Balaban J connectivity index is 2.21. The molecule has 0 unspecified atom stereocenters. The Morgan fingerprint density at radius 2 is 2.10 bits per heavy atom. The van der Waals surface area contributed by atoms with Crippen LogP contribution in [0.25, 0.3) is 0 Å². The maximum atomic E-state index is 13.6. The van der Waals surface area contributed by atoms with Crippen molar-refractivity contribution in [2.75, 3.05) is 5.32 Å². The molecule has 2 aromatic rings. The Morgan fingerprint density at radius 1 is 1.35 bits per heavy atom. The number of nitro benzene ring substituents is 1. The number of hydrogen-bond donors (Lipinski definition) is 1. The minimum absolute atomic E-state index is 0.254. The molecule has 1 aromatic carbocycles. The fraction of sp³-hybridized carbons (Fsp3) is 0. The maximum Gasteiger partial charge on any atom is 0.272 e. The molecule has 0 aliphatic carbocycles. The van der Waals surface area contributed by atoms with Crippen molar-refractivity contribution in [1.82, 2.24) is 4.98 Å². The van der Waals surface area contributed by atoms with Crippen LogP contribution in [0.3, 0.4) is 0 Å². The Labute approximate surface area is 117 Å². The normalized spacial score (nSPS) is 10.1. The predicted molar refractivity (Wildman–Crippen MR) is 70.3 cm³/mol. The van der Waals surface area contributed by atoms with Crippen molar-refractivity contribution < 1.29 is 14.1 Å². The quantitative estimate of drug-likeness (QED) is 0.536. The van der Waals surface area contributed by atoms with Crippen molar-refractivity contribution in [2.45, 2.75) is 0 Å². The molecule has 0 fully saturated rings. The first-order valence-electron chi connectivity index (χ1n) is 5.34. The minimum atomic E-state index is -0.973. The second-order valence-electron chi connectivity index (χ2n) is 3.74. The second-order valence-corrected chi connectivity index (χ2v) is 4.13. The van der Waals surface area contributed by atoms with E-state index in [1.807, 2.05) is 0 Å². The topological polar surface area (TPSA) is 85.1 Å². The molecule has 0 aliphatic heterocycles. The van der Waals surface area contributed by atoms with E-state index in [2.05, 4.69) is 10.3 Å². The number of nitrogens with one attached hydrogen (secondary N) is 1. The van der Waals surface area contributed by atoms with Gasteiger partial charge in [0.2, 0.25) is 0 Å². The highest BCUT2D eigenvalue weighted by molar-refractivity contribution is 6.29. The summed E-state index contributed by atoms with van der Waals surface area (Å²) in [6.45, 7) is 0. The summed E-state index contributed by atoms with van der Waals surface area (Å²) in [4.78, 5) is 25.3. The molecule has 6 nitrogen and oxygen atoms in total. The Bertz CT molecular complexity index is 676. The van der Waals surface area contributed by atoms with E-state index in [4.69, 9.17) is 11.6 Å². The van der Waals surface area contributed by atoms with E-state index in [1.54, 1.807) is 0 Å². The Kier molecular flexibility index (Phi) is 3.90. The molecule has 8 heteroatoms. The number of nitrogens with zero attached hydrogens (tertiary/aromatic N) is 2. The third-order valence-corrected chi connectivity index (χ3v) is 2.62. The van der Waals surface area contributed by atoms with Crippen molar-refractivity contribution in [1.29, 1.82) is 0 Å². The number of amides is 1. The lowest BCUT2D eigenvalue weighted by Crippen LogP contribution is -2.14. The zero-order chi connectivity index (χ0) is 14.7. The standard InChI is InChI=1S/C12H7ClFN3O3/c13-11-4-1-7(6-15-11)16-12(18)9-3-2-8(17(19)20)5-10(9)14/h1-6H,(H,16,18). The van der Waals surface area contributed by atoms with Gasteiger partial charge in [0.25, 0.3) is 11.6 Å². The summed E-state index contributed by atoms with van der Waals surface area (Å²) in [5, 5.41) is 13.1. The van der Waals surface area contributed by atoms with Gasteiger partial charge in [0.15, 0.2) is 0 Å². The highest BCUT2D eigenvalue weighted by atomic mass is 35.5. The van der Waals surface area contributed by atoms with Crippen molar-refractivity contribution in [2.24, 2.45) is 0 Å². The Hall–Kier alpha value is -2.54. The van der Waals surface area contributed by atoms with Crippen molar-refractivity contribution in [3.05, 3.63) is 63.2 Å². The van der Waals surface area contributed by atoms with E-state index in [9.17, 15) is 19.3 Å². The number of pyridine rings is 1. The molecule has 1 N–H and O–H groups in total. The van der Waals surface area contributed by atoms with Gasteiger partial charge < -0.3 is 5.32 Å². The van der Waals surface area contributed by atoms with Gasteiger partial charge >= 0.3 is 0 Å². The monoisotopic (exact) mass is 295 g/mol. The van der Waals surface area contributed by atoms with Crippen LogP contribution in [0.2, 0.25) is 5.15 Å². The smallest absolute Gasteiger partial charge is 0.272 e. The van der Waals surface area contributed by atoms with Gasteiger partial charge in [-0.3, -0.25) is 14.9 Å². The molecule has 1 amide bonds. The zero-order valence-corrected chi connectivity index (χ0v) is 10.6. The molecular weight excluding hydrogens is 289 g/mol. The van der Waals surface area contributed by atoms with Gasteiger partial charge in [-0.15, -0.1) is 0 Å². The van der Waals surface area contributed by atoms with Crippen LogP contribution in [-0.4, -0.2) is 15.8 Å². The molecule has 1 heterocycles. The van der Waals surface area contributed by atoms with Crippen LogP contribution < -0.4 is 5.32 Å². The molecule has 0 bridgehead atoms. The third kappa shape index (κ3) is 3.07. The first kappa shape index (κ1) is 13.9. The molecule has 102 valence electrons. The number of non-ortho nitro benzene ring substituents is 1. The molecular formula is C12H7ClFN3O3. The highest BCUT2D eigenvalue weighted by Gasteiger charge is 2.16. The minimum Gasteiger partial charge on any atom is -0.320 e. The fourth-order valence-electron chi connectivity index (χ4n) is 1.45. The van der Waals surface area contributed by atoms with E-state index in [-0.39, 0.29) is 10.7 Å². The second kappa shape index (κ2) is 5.62. The molecule has 0 aliphatic rings. The molecule has 20 heavy (non-hydrogen) atoms. The lowest BCUT2D eigenvalue weighted by molar-refractivity contribution is -0.385. The summed E-state index contributed by atoms with van der Waals surface area (Å²) in [6, 6.07) is 5.75. The molecule has 0 spiro atoms. The van der Waals surface area contributed by atoms with E-state index < -0.39 is 22.3 Å². The van der Waals surface area contributed by atoms with E-state index >= 15 is 0 Å². The van der Waals surface area contributed by atoms with E-state index in [0.29, 0.717) is 11.8 Å². The first-order valence-corrected chi connectivity index (χ1v) is 5.72. The number of nitro groups is 1.